The number of aromatic nitrogens is 1. The molecule has 0 saturated heterocycles. The Kier molecular flexibility index (Phi) is 6.61. The van der Waals surface area contributed by atoms with Crippen molar-refractivity contribution in [1.29, 1.82) is 0 Å². The Labute approximate surface area is 176 Å². The molecule has 3 rings (SSSR count). The van der Waals surface area contributed by atoms with Crippen LogP contribution in [-0.2, 0) is 9.59 Å². The monoisotopic (exact) mass is 431 g/mol. The number of halogens is 2. The topological polar surface area (TPSA) is 71.1 Å². The van der Waals surface area contributed by atoms with Crippen LogP contribution in [0.1, 0.15) is 29.8 Å². The first-order valence-electron chi connectivity index (χ1n) is 8.87. The van der Waals surface area contributed by atoms with Crippen LogP contribution in [0.5, 0.6) is 0 Å². The van der Waals surface area contributed by atoms with Crippen molar-refractivity contribution < 1.29 is 14.0 Å². The second kappa shape index (κ2) is 9.15. The maximum Gasteiger partial charge on any atom is 0.228 e. The molecule has 2 aromatic carbocycles. The summed E-state index contributed by atoms with van der Waals surface area (Å²) in [7, 11) is 0. The van der Waals surface area contributed by atoms with Crippen LogP contribution in [0.2, 0.25) is 5.02 Å². The van der Waals surface area contributed by atoms with E-state index < -0.39 is 6.04 Å². The van der Waals surface area contributed by atoms with Gasteiger partial charge in [-0.3, -0.25) is 9.59 Å². The summed E-state index contributed by atoms with van der Waals surface area (Å²) in [5.41, 5.74) is 2.25. The predicted molar refractivity (Wildman–Crippen MR) is 114 cm³/mol. The Balaban J connectivity index is 1.73. The van der Waals surface area contributed by atoms with Crippen LogP contribution in [0.3, 0.4) is 0 Å². The molecule has 2 N–H and O–H groups in total. The largest absolute Gasteiger partial charge is 0.349 e. The van der Waals surface area contributed by atoms with Crippen LogP contribution in [0.25, 0.3) is 11.3 Å². The molecule has 8 heteroatoms. The Hall–Kier alpha value is -2.77. The van der Waals surface area contributed by atoms with Crippen molar-refractivity contribution in [3.05, 3.63) is 69.8 Å². The second-order valence-corrected chi connectivity index (χ2v) is 8.13. The highest BCUT2D eigenvalue weighted by Gasteiger charge is 2.19. The van der Waals surface area contributed by atoms with E-state index in [0.29, 0.717) is 15.8 Å². The van der Waals surface area contributed by atoms with Crippen molar-refractivity contribution in [3.63, 3.8) is 0 Å². The lowest BCUT2D eigenvalue weighted by atomic mass is 10.0. The number of benzene rings is 2. The van der Waals surface area contributed by atoms with E-state index in [1.165, 1.54) is 30.4 Å². The smallest absolute Gasteiger partial charge is 0.228 e. The SMILES string of the molecule is CC(=O)NC(CC(=O)Nc1nc(-c2ccc(F)cc2)c(C)s1)c1ccc(Cl)cc1. The van der Waals surface area contributed by atoms with Crippen LogP contribution >= 0.6 is 22.9 Å². The van der Waals surface area contributed by atoms with Crippen molar-refractivity contribution in [3.8, 4) is 11.3 Å². The molecule has 0 aliphatic carbocycles. The van der Waals surface area contributed by atoms with E-state index >= 15 is 0 Å². The predicted octanol–water partition coefficient (Wildman–Crippen LogP) is 5.12. The van der Waals surface area contributed by atoms with Crippen molar-refractivity contribution in [1.82, 2.24) is 10.3 Å². The molecule has 0 aliphatic heterocycles. The van der Waals surface area contributed by atoms with Crippen LogP contribution < -0.4 is 10.6 Å². The second-order valence-electron chi connectivity index (χ2n) is 6.49. The summed E-state index contributed by atoms with van der Waals surface area (Å²) < 4.78 is 13.1. The van der Waals surface area contributed by atoms with Gasteiger partial charge in [-0.15, -0.1) is 11.3 Å². The number of hydrogen-bond donors (Lipinski definition) is 2. The first kappa shape index (κ1) is 21.0. The fraction of sp³-hybridized carbons (Fsp3) is 0.190. The Bertz CT molecular complexity index is 1020. The molecule has 29 heavy (non-hydrogen) atoms. The first-order valence-corrected chi connectivity index (χ1v) is 10.1. The molecule has 150 valence electrons. The molecule has 0 saturated carbocycles. The highest BCUT2D eigenvalue weighted by atomic mass is 35.5. The van der Waals surface area contributed by atoms with E-state index in [-0.39, 0.29) is 24.1 Å². The van der Waals surface area contributed by atoms with Gasteiger partial charge < -0.3 is 10.6 Å². The maximum atomic E-state index is 13.1. The summed E-state index contributed by atoms with van der Waals surface area (Å²) in [6.45, 7) is 3.29. The van der Waals surface area contributed by atoms with Crippen LogP contribution in [0, 0.1) is 12.7 Å². The number of anilines is 1. The molecule has 0 spiro atoms. The van der Waals surface area contributed by atoms with E-state index in [4.69, 9.17) is 11.6 Å². The summed E-state index contributed by atoms with van der Waals surface area (Å²) >= 11 is 7.26. The molecule has 2 amide bonds. The number of thiazole rings is 1. The molecule has 1 atom stereocenters. The third kappa shape index (κ3) is 5.62. The van der Waals surface area contributed by atoms with Gasteiger partial charge in [0.25, 0.3) is 0 Å². The fourth-order valence-corrected chi connectivity index (χ4v) is 3.85. The van der Waals surface area contributed by atoms with Gasteiger partial charge in [0.1, 0.15) is 5.82 Å². The lowest BCUT2D eigenvalue weighted by Gasteiger charge is -2.17. The molecule has 1 unspecified atom stereocenters. The molecule has 5 nitrogen and oxygen atoms in total. The van der Waals surface area contributed by atoms with Gasteiger partial charge in [0.15, 0.2) is 5.13 Å². The summed E-state index contributed by atoms with van der Waals surface area (Å²) in [6, 6.07) is 12.5. The van der Waals surface area contributed by atoms with Crippen LogP contribution in [0.4, 0.5) is 9.52 Å². The lowest BCUT2D eigenvalue weighted by molar-refractivity contribution is -0.120. The third-order valence-electron chi connectivity index (χ3n) is 4.20. The number of carbonyl (C=O) groups is 2. The summed E-state index contributed by atoms with van der Waals surface area (Å²) in [4.78, 5) is 29.5. The highest BCUT2D eigenvalue weighted by molar-refractivity contribution is 7.16. The summed E-state index contributed by atoms with van der Waals surface area (Å²) in [5.74, 6) is -0.832. The zero-order chi connectivity index (χ0) is 21.0. The van der Waals surface area contributed by atoms with Gasteiger partial charge in [0.05, 0.1) is 18.2 Å². The summed E-state index contributed by atoms with van der Waals surface area (Å²) in [6.07, 6.45) is 0.0473. The van der Waals surface area contributed by atoms with Gasteiger partial charge >= 0.3 is 0 Å². The van der Waals surface area contributed by atoms with Gasteiger partial charge in [0.2, 0.25) is 11.8 Å². The average molecular weight is 432 g/mol. The molecule has 0 radical (unpaired) electrons. The van der Waals surface area contributed by atoms with Crippen molar-refractivity contribution >= 4 is 39.9 Å². The van der Waals surface area contributed by atoms with Crippen molar-refractivity contribution in [2.75, 3.05) is 5.32 Å². The molecule has 0 aliphatic rings. The maximum absolute atomic E-state index is 13.1. The molecule has 0 fully saturated rings. The summed E-state index contributed by atoms with van der Waals surface area (Å²) in [5, 5.41) is 6.59. The molecule has 1 heterocycles. The fourth-order valence-electron chi connectivity index (χ4n) is 2.87. The standard InChI is InChI=1S/C21H19ClFN3O2S/c1-12-20(15-5-9-17(23)10-6-15)26-21(29-12)25-19(28)11-18(24-13(2)27)14-3-7-16(22)8-4-14/h3-10,18H,11H2,1-2H3,(H,24,27)(H,25,26,28). The van der Waals surface area contributed by atoms with Gasteiger partial charge in [-0.25, -0.2) is 9.37 Å². The van der Waals surface area contributed by atoms with Crippen LogP contribution in [-0.4, -0.2) is 16.8 Å². The van der Waals surface area contributed by atoms with Gasteiger partial charge in [-0.05, 0) is 48.9 Å². The van der Waals surface area contributed by atoms with Crippen LogP contribution in [0.15, 0.2) is 48.5 Å². The van der Waals surface area contributed by atoms with E-state index in [1.807, 2.05) is 6.92 Å². The number of nitrogens with one attached hydrogen (secondary N) is 2. The number of aryl methyl sites for hydroxylation is 1. The van der Waals surface area contributed by atoms with Gasteiger partial charge in [-0.1, -0.05) is 23.7 Å². The minimum atomic E-state index is -0.484. The van der Waals surface area contributed by atoms with Gasteiger partial charge in [0, 0.05) is 22.4 Å². The number of hydrogen-bond acceptors (Lipinski definition) is 4. The van der Waals surface area contributed by atoms with Gasteiger partial charge in [-0.2, -0.15) is 0 Å². The Morgan fingerprint density at radius 1 is 1.14 bits per heavy atom. The van der Waals surface area contributed by atoms with E-state index in [0.717, 1.165) is 16.0 Å². The Morgan fingerprint density at radius 2 is 1.79 bits per heavy atom. The number of amides is 2. The molecule has 1 aromatic heterocycles. The normalized spacial score (nSPS) is 11.7. The third-order valence-corrected chi connectivity index (χ3v) is 5.34. The van der Waals surface area contributed by atoms with E-state index in [9.17, 15) is 14.0 Å². The Morgan fingerprint density at radius 3 is 2.41 bits per heavy atom. The minimum absolute atomic E-state index is 0.0473. The zero-order valence-corrected chi connectivity index (χ0v) is 17.4. The first-order chi connectivity index (χ1) is 13.8. The zero-order valence-electron chi connectivity index (χ0n) is 15.8. The van der Waals surface area contributed by atoms with Crippen molar-refractivity contribution in [2.45, 2.75) is 26.3 Å². The number of nitrogens with zero attached hydrogens (tertiary/aromatic N) is 1. The van der Waals surface area contributed by atoms with Crippen molar-refractivity contribution in [2.24, 2.45) is 0 Å². The van der Waals surface area contributed by atoms with E-state index in [1.54, 1.807) is 36.4 Å². The molecular weight excluding hydrogens is 413 g/mol. The number of carbonyl (C=O) groups excluding carboxylic acids is 2. The quantitative estimate of drug-likeness (QED) is 0.569. The number of rotatable bonds is 6. The van der Waals surface area contributed by atoms with E-state index in [2.05, 4.69) is 15.6 Å². The minimum Gasteiger partial charge on any atom is -0.349 e. The highest BCUT2D eigenvalue weighted by Crippen LogP contribution is 2.31. The lowest BCUT2D eigenvalue weighted by Crippen LogP contribution is -2.29. The molecule has 0 bridgehead atoms. The molecular formula is C21H19ClFN3O2S. The average Bonchev–Trinajstić information content (AvgIpc) is 3.02. The molecule has 3 aromatic rings.